The molecule has 0 aromatic heterocycles. The number of hydrogen-bond donors (Lipinski definition) is 0. The number of esters is 2. The van der Waals surface area contributed by atoms with Gasteiger partial charge < -0.3 is 14.2 Å². The number of carbonyl (C=O) groups is 2. The molecule has 2 aromatic rings. The second-order valence-corrected chi connectivity index (χ2v) is 8.23. The van der Waals surface area contributed by atoms with Crippen molar-refractivity contribution in [1.29, 1.82) is 0 Å². The monoisotopic (exact) mass is 456 g/mol. The van der Waals surface area contributed by atoms with Gasteiger partial charge in [-0.25, -0.2) is 13.8 Å². The van der Waals surface area contributed by atoms with Crippen LogP contribution in [-0.2, 0) is 28.5 Å². The van der Waals surface area contributed by atoms with Crippen LogP contribution < -0.4 is 0 Å². The molecule has 0 saturated carbocycles. The lowest BCUT2D eigenvalue weighted by Crippen LogP contribution is -2.43. The molecule has 0 radical (unpaired) electrons. The summed E-state index contributed by atoms with van der Waals surface area (Å²) >= 11 is 0. The Labute approximate surface area is 176 Å². The number of ether oxygens (including phenoxy) is 3. The van der Waals surface area contributed by atoms with Gasteiger partial charge in [0, 0.05) is 0 Å². The summed E-state index contributed by atoms with van der Waals surface area (Å²) in [5.74, 6) is -6.00. The van der Waals surface area contributed by atoms with E-state index in [2.05, 4.69) is 8.92 Å². The number of alkyl halides is 2. The van der Waals surface area contributed by atoms with Gasteiger partial charge in [-0.3, -0.25) is 0 Å². The molecular weight excluding hydrogens is 438 g/mol. The van der Waals surface area contributed by atoms with Crippen LogP contribution in [0.15, 0.2) is 54.6 Å². The number of halogens is 2. The summed E-state index contributed by atoms with van der Waals surface area (Å²) in [4.78, 5) is 24.6. The summed E-state index contributed by atoms with van der Waals surface area (Å²) in [6.07, 6.45) is -6.01. The van der Waals surface area contributed by atoms with Crippen LogP contribution >= 0.6 is 0 Å². The van der Waals surface area contributed by atoms with Crippen molar-refractivity contribution in [2.24, 2.45) is 0 Å². The maximum absolute atomic E-state index is 15.1. The van der Waals surface area contributed by atoms with Crippen molar-refractivity contribution in [1.82, 2.24) is 0 Å². The van der Waals surface area contributed by atoms with Crippen molar-refractivity contribution in [3.05, 3.63) is 71.3 Å². The topological polar surface area (TPSA) is 105 Å². The minimum Gasteiger partial charge on any atom is -0.465 e. The summed E-state index contributed by atoms with van der Waals surface area (Å²) < 4.78 is 72.5. The van der Waals surface area contributed by atoms with Crippen molar-refractivity contribution < 1.29 is 45.2 Å². The van der Waals surface area contributed by atoms with Crippen LogP contribution in [0.2, 0.25) is 0 Å². The lowest BCUT2D eigenvalue weighted by Gasteiger charge is -2.24. The Morgan fingerprint density at radius 3 is 2.23 bits per heavy atom. The number of carbonyl (C=O) groups excluding carboxylic acids is 2. The Morgan fingerprint density at radius 1 is 1.00 bits per heavy atom. The fourth-order valence-corrected chi connectivity index (χ4v) is 3.54. The van der Waals surface area contributed by atoms with Crippen LogP contribution in [-0.4, -0.2) is 52.0 Å². The molecule has 1 aliphatic heterocycles. The maximum Gasteiger partial charge on any atom is 0.338 e. The van der Waals surface area contributed by atoms with Crippen LogP contribution in [0.4, 0.5) is 8.78 Å². The van der Waals surface area contributed by atoms with Crippen LogP contribution in [0, 0.1) is 0 Å². The van der Waals surface area contributed by atoms with E-state index in [1.165, 1.54) is 48.5 Å². The van der Waals surface area contributed by atoms with Gasteiger partial charge in [-0.1, -0.05) is 36.4 Å². The summed E-state index contributed by atoms with van der Waals surface area (Å²) in [5.41, 5.74) is -0.211. The molecule has 31 heavy (non-hydrogen) atoms. The fourth-order valence-electron chi connectivity index (χ4n) is 3.05. The van der Waals surface area contributed by atoms with Crippen LogP contribution in [0.1, 0.15) is 32.4 Å². The standard InChI is InChI=1S/C20H18F2O8S/c1-27-18(24)14-11-7-6-10-13(14)15-16(29-17(23)12-8-4-3-5-9-12)20(21,22)19(28-15)30-31(2,25)26/h3-11,15-16,19H,1-2H3/t15-,16-,19+/m1/s1. The van der Waals surface area contributed by atoms with Crippen LogP contribution in [0.3, 0.4) is 0 Å². The van der Waals surface area contributed by atoms with Gasteiger partial charge in [0.2, 0.25) is 12.4 Å². The molecule has 1 aliphatic rings. The van der Waals surface area contributed by atoms with Crippen LogP contribution in [0.5, 0.6) is 0 Å². The third-order valence-corrected chi connectivity index (χ3v) is 4.94. The average molecular weight is 456 g/mol. The lowest BCUT2D eigenvalue weighted by molar-refractivity contribution is -0.182. The largest absolute Gasteiger partial charge is 0.465 e. The van der Waals surface area contributed by atoms with Crippen molar-refractivity contribution in [3.8, 4) is 0 Å². The summed E-state index contributed by atoms with van der Waals surface area (Å²) in [6.45, 7) is 0. The van der Waals surface area contributed by atoms with E-state index in [4.69, 9.17) is 9.47 Å². The van der Waals surface area contributed by atoms with E-state index in [1.54, 1.807) is 6.07 Å². The summed E-state index contributed by atoms with van der Waals surface area (Å²) in [6, 6.07) is 12.9. The molecule has 166 valence electrons. The molecule has 0 unspecified atom stereocenters. The highest BCUT2D eigenvalue weighted by atomic mass is 32.2. The summed E-state index contributed by atoms with van der Waals surface area (Å²) in [5, 5.41) is 0. The molecule has 11 heteroatoms. The first-order valence-corrected chi connectivity index (χ1v) is 10.7. The molecule has 0 aliphatic carbocycles. The van der Waals surface area contributed by atoms with Gasteiger partial charge in [-0.15, -0.1) is 0 Å². The Kier molecular flexibility index (Phi) is 6.39. The number of rotatable bonds is 6. The Bertz CT molecular complexity index is 1070. The molecule has 0 N–H and O–H groups in total. The van der Waals surface area contributed by atoms with E-state index in [0.29, 0.717) is 6.26 Å². The zero-order valence-electron chi connectivity index (χ0n) is 16.4. The smallest absolute Gasteiger partial charge is 0.338 e. The normalized spacial score (nSPS) is 22.6. The minimum absolute atomic E-state index is 0.00853. The van der Waals surface area contributed by atoms with Gasteiger partial charge in [-0.2, -0.15) is 17.2 Å². The zero-order chi connectivity index (χ0) is 22.8. The molecule has 2 aromatic carbocycles. The van der Waals surface area contributed by atoms with Gasteiger partial charge in [0.1, 0.15) is 6.10 Å². The summed E-state index contributed by atoms with van der Waals surface area (Å²) in [7, 11) is -3.25. The molecule has 3 rings (SSSR count). The van der Waals surface area contributed by atoms with E-state index in [1.807, 2.05) is 0 Å². The van der Waals surface area contributed by atoms with Crippen LogP contribution in [0.25, 0.3) is 0 Å². The quantitative estimate of drug-likeness (QED) is 0.483. The predicted octanol–water partition coefficient (Wildman–Crippen LogP) is 2.71. The number of methoxy groups -OCH3 is 1. The highest BCUT2D eigenvalue weighted by molar-refractivity contribution is 7.86. The number of hydrogen-bond acceptors (Lipinski definition) is 8. The SMILES string of the molecule is COC(=O)c1ccccc1[C@H]1O[C@@H](OS(C)(=O)=O)C(F)(F)[C@@H]1OC(=O)c1ccccc1. The highest BCUT2D eigenvalue weighted by Crippen LogP contribution is 2.47. The van der Waals surface area contributed by atoms with Gasteiger partial charge in [0.15, 0.2) is 0 Å². The first-order chi connectivity index (χ1) is 14.5. The lowest BCUT2D eigenvalue weighted by atomic mass is 9.97. The van der Waals surface area contributed by atoms with Gasteiger partial charge >= 0.3 is 17.9 Å². The highest BCUT2D eigenvalue weighted by Gasteiger charge is 2.64. The van der Waals surface area contributed by atoms with E-state index >= 15 is 8.78 Å². The van der Waals surface area contributed by atoms with E-state index < -0.39 is 46.5 Å². The Morgan fingerprint density at radius 2 is 1.61 bits per heavy atom. The second-order valence-electron chi connectivity index (χ2n) is 6.63. The molecule has 1 saturated heterocycles. The van der Waals surface area contributed by atoms with Crippen molar-refractivity contribution in [2.45, 2.75) is 24.4 Å². The molecule has 3 atom stereocenters. The van der Waals surface area contributed by atoms with Gasteiger partial charge in [0.05, 0.1) is 24.5 Å². The van der Waals surface area contributed by atoms with Crippen molar-refractivity contribution in [2.75, 3.05) is 13.4 Å². The molecule has 8 nitrogen and oxygen atoms in total. The fraction of sp³-hybridized carbons (Fsp3) is 0.300. The zero-order valence-corrected chi connectivity index (χ0v) is 17.2. The van der Waals surface area contributed by atoms with Crippen molar-refractivity contribution >= 4 is 22.1 Å². The second kappa shape index (κ2) is 8.69. The van der Waals surface area contributed by atoms with Gasteiger partial charge in [0.25, 0.3) is 10.1 Å². The van der Waals surface area contributed by atoms with Gasteiger partial charge in [-0.05, 0) is 23.8 Å². The van der Waals surface area contributed by atoms with E-state index in [-0.39, 0.29) is 16.7 Å². The molecule has 1 fully saturated rings. The van der Waals surface area contributed by atoms with Crippen molar-refractivity contribution in [3.63, 3.8) is 0 Å². The molecule has 0 bridgehead atoms. The maximum atomic E-state index is 15.1. The minimum atomic E-state index is -4.36. The third kappa shape index (κ3) is 4.89. The average Bonchev–Trinajstić information content (AvgIpc) is 2.96. The van der Waals surface area contributed by atoms with E-state index in [0.717, 1.165) is 7.11 Å². The predicted molar refractivity (Wildman–Crippen MR) is 102 cm³/mol. The Balaban J connectivity index is 2.04. The first-order valence-electron chi connectivity index (χ1n) is 8.89. The molecule has 0 spiro atoms. The molecule has 1 heterocycles. The number of benzene rings is 2. The Hall–Kier alpha value is -2.89. The molecule has 0 amide bonds. The molecular formula is C20H18F2O8S. The first kappa shape index (κ1) is 22.8. The van der Waals surface area contributed by atoms with E-state index in [9.17, 15) is 18.0 Å². The third-order valence-electron chi connectivity index (χ3n) is 4.42.